The van der Waals surface area contributed by atoms with Crippen molar-refractivity contribution in [2.45, 2.75) is 62.7 Å². The van der Waals surface area contributed by atoms with E-state index in [9.17, 15) is 0 Å². The van der Waals surface area contributed by atoms with Crippen LogP contribution in [0.5, 0.6) is 11.5 Å². The van der Waals surface area contributed by atoms with Crippen LogP contribution in [-0.2, 0) is 53.1 Å². The molecule has 0 radical (unpaired) electrons. The maximum Gasteiger partial charge on any atom is 0.500 e. The summed E-state index contributed by atoms with van der Waals surface area (Å²) in [5.74, 6) is 1.68. The molecule has 0 bridgehead atoms. The van der Waals surface area contributed by atoms with Gasteiger partial charge in [0, 0.05) is 133 Å². The van der Waals surface area contributed by atoms with Crippen molar-refractivity contribution in [2.24, 2.45) is 0 Å². The minimum atomic E-state index is -2.66. The van der Waals surface area contributed by atoms with Crippen LogP contribution >= 0.6 is 0 Å². The zero-order valence-electron chi connectivity index (χ0n) is 38.8. The zero-order valence-corrected chi connectivity index (χ0v) is 42.8. The first kappa shape index (κ1) is 54.7. The smallest absolute Gasteiger partial charge is 0.493 e. The number of benzene rings is 2. The largest absolute Gasteiger partial charge is 0.500 e. The van der Waals surface area contributed by atoms with E-state index in [0.29, 0.717) is 13.2 Å². The van der Waals surface area contributed by atoms with Crippen molar-refractivity contribution in [3.05, 3.63) is 36.4 Å². The normalized spacial score (nSPS) is 13.0. The number of ether oxygens (including phenoxy) is 2. The van der Waals surface area contributed by atoms with E-state index in [1.165, 1.54) is 0 Å². The van der Waals surface area contributed by atoms with Crippen LogP contribution in [0.2, 0.25) is 24.2 Å². The molecule has 0 N–H and O–H groups in total. The van der Waals surface area contributed by atoms with E-state index < -0.39 is 35.2 Å². The molecule has 0 heterocycles. The van der Waals surface area contributed by atoms with Gasteiger partial charge in [0.05, 0.1) is 13.2 Å². The van der Waals surface area contributed by atoms with Crippen molar-refractivity contribution in [3.8, 4) is 11.5 Å². The van der Waals surface area contributed by atoms with Crippen molar-refractivity contribution in [1.29, 1.82) is 0 Å². The second kappa shape index (κ2) is 29.9. The second-order valence-electron chi connectivity index (χ2n) is 14.3. The minimum Gasteiger partial charge on any atom is -0.493 e. The van der Waals surface area contributed by atoms with Crippen LogP contribution in [-0.4, -0.2) is 183 Å². The van der Waals surface area contributed by atoms with E-state index in [0.717, 1.165) is 124 Å². The third-order valence-electron chi connectivity index (χ3n) is 11.2. The van der Waals surface area contributed by atoms with Gasteiger partial charge in [-0.05, 0) is 76.8 Å². The lowest BCUT2D eigenvalue weighted by molar-refractivity contribution is 0.118. The molecule has 0 unspecified atom stereocenters. The van der Waals surface area contributed by atoms with Gasteiger partial charge in [-0.15, -0.1) is 0 Å². The Morgan fingerprint density at radius 3 is 0.800 bits per heavy atom. The molecule has 0 fully saturated rings. The summed E-state index contributed by atoms with van der Waals surface area (Å²) < 4.78 is 80.8. The number of fused-ring (bicyclic) bond motifs is 1. The third kappa shape index (κ3) is 17.3. The molecule has 348 valence electrons. The van der Waals surface area contributed by atoms with Gasteiger partial charge in [-0.1, -0.05) is 24.3 Å². The van der Waals surface area contributed by atoms with Gasteiger partial charge in [-0.25, -0.2) is 0 Å². The molecule has 0 aliphatic heterocycles. The molecule has 0 amide bonds. The van der Waals surface area contributed by atoms with Crippen molar-refractivity contribution >= 4 is 46.0 Å². The first-order valence-corrected chi connectivity index (χ1v) is 28.6. The minimum absolute atomic E-state index is 0.571. The van der Waals surface area contributed by atoms with E-state index >= 15 is 0 Å². The molecule has 2 aromatic carbocycles. The summed E-state index contributed by atoms with van der Waals surface area (Å²) in [5.41, 5.74) is 0. The van der Waals surface area contributed by atoms with E-state index in [2.05, 4.69) is 21.9 Å². The van der Waals surface area contributed by atoms with Gasteiger partial charge in [0.2, 0.25) is 0 Å². The van der Waals surface area contributed by atoms with Crippen LogP contribution in [0.4, 0.5) is 0 Å². The Bertz CT molecular complexity index is 1220. The molecular formula is C40H78N2O14Si4. The molecule has 0 spiro atoms. The summed E-state index contributed by atoms with van der Waals surface area (Å²) in [4.78, 5) is 4.89. The van der Waals surface area contributed by atoms with Gasteiger partial charge in [0.1, 0.15) is 11.5 Å². The predicted molar refractivity (Wildman–Crippen MR) is 242 cm³/mol. The summed E-state index contributed by atoms with van der Waals surface area (Å²) in [6.45, 7) is 6.34. The molecule has 0 aliphatic rings. The quantitative estimate of drug-likeness (QED) is 0.0571. The summed E-state index contributed by atoms with van der Waals surface area (Å²) >= 11 is 0. The number of nitrogens with zero attached hydrogens (tertiary/aromatic N) is 2. The molecule has 0 saturated heterocycles. The van der Waals surface area contributed by atoms with E-state index in [-0.39, 0.29) is 0 Å². The van der Waals surface area contributed by atoms with Gasteiger partial charge in [0.15, 0.2) is 0 Å². The molecule has 0 aromatic heterocycles. The SMILES string of the molecule is CO[Si](CCCN(CCCOc1cccc2c(OCCCN(CCC[Si](OC)(OC)OC)CCC[Si](OC)(OC)OC)cccc12)CCC[Si](OC)(OC)OC)(OC)OC. The summed E-state index contributed by atoms with van der Waals surface area (Å²) in [7, 11) is 9.23. The Balaban J connectivity index is 2.04. The van der Waals surface area contributed by atoms with Crippen molar-refractivity contribution < 1.29 is 62.6 Å². The highest BCUT2D eigenvalue weighted by atomic mass is 28.4. The van der Waals surface area contributed by atoms with Crippen LogP contribution in [0.3, 0.4) is 0 Å². The topological polar surface area (TPSA) is 136 Å². The second-order valence-corrected chi connectivity index (χ2v) is 26.7. The third-order valence-corrected chi connectivity index (χ3v) is 22.5. The molecule has 60 heavy (non-hydrogen) atoms. The van der Waals surface area contributed by atoms with Crippen LogP contribution in [0.25, 0.3) is 10.8 Å². The molecule has 20 heteroatoms. The maximum absolute atomic E-state index is 6.43. The highest BCUT2D eigenvalue weighted by Crippen LogP contribution is 2.32. The summed E-state index contributed by atoms with van der Waals surface area (Å²) in [6.07, 6.45) is 5.23. The first-order chi connectivity index (χ1) is 29.0. The van der Waals surface area contributed by atoms with Crippen molar-refractivity contribution in [3.63, 3.8) is 0 Å². The highest BCUT2D eigenvalue weighted by Gasteiger charge is 2.40. The lowest BCUT2D eigenvalue weighted by Gasteiger charge is -2.28. The fourth-order valence-corrected chi connectivity index (χ4v) is 14.2. The van der Waals surface area contributed by atoms with E-state index in [1.807, 2.05) is 24.3 Å². The number of rotatable bonds is 38. The van der Waals surface area contributed by atoms with Crippen LogP contribution < -0.4 is 9.47 Å². The molecule has 0 aliphatic carbocycles. The highest BCUT2D eigenvalue weighted by molar-refractivity contribution is 6.61. The lowest BCUT2D eigenvalue weighted by atomic mass is 10.1. The lowest BCUT2D eigenvalue weighted by Crippen LogP contribution is -2.44. The molecular weight excluding hydrogens is 845 g/mol. The molecule has 0 atom stereocenters. The fraction of sp³-hybridized carbons (Fsp3) is 0.750. The van der Waals surface area contributed by atoms with Crippen LogP contribution in [0.1, 0.15) is 38.5 Å². The Morgan fingerprint density at radius 2 is 0.567 bits per heavy atom. The van der Waals surface area contributed by atoms with E-state index in [4.69, 9.17) is 62.6 Å². The van der Waals surface area contributed by atoms with Gasteiger partial charge >= 0.3 is 35.2 Å². The number of hydrogen-bond acceptors (Lipinski definition) is 16. The molecule has 0 saturated carbocycles. The van der Waals surface area contributed by atoms with Gasteiger partial charge < -0.3 is 72.4 Å². The zero-order chi connectivity index (χ0) is 44.3. The number of hydrogen-bond donors (Lipinski definition) is 0. The summed E-state index contributed by atoms with van der Waals surface area (Å²) in [5, 5.41) is 2.05. The molecule has 2 aromatic rings. The predicted octanol–water partition coefficient (Wildman–Crippen LogP) is 6.05. The Morgan fingerprint density at radius 1 is 0.333 bits per heavy atom. The maximum atomic E-state index is 6.43. The van der Waals surface area contributed by atoms with Crippen molar-refractivity contribution in [1.82, 2.24) is 9.80 Å². The van der Waals surface area contributed by atoms with E-state index in [1.54, 1.807) is 85.3 Å². The average molecular weight is 923 g/mol. The molecule has 16 nitrogen and oxygen atoms in total. The van der Waals surface area contributed by atoms with Gasteiger partial charge in [-0.3, -0.25) is 0 Å². The van der Waals surface area contributed by atoms with Crippen molar-refractivity contribution in [2.75, 3.05) is 138 Å². The fourth-order valence-electron chi connectivity index (χ4n) is 7.42. The Hall–Kier alpha value is -1.39. The summed E-state index contributed by atoms with van der Waals surface area (Å²) in [6, 6.07) is 15.2. The average Bonchev–Trinajstić information content (AvgIpc) is 3.30. The standard InChI is InChI=1S/C40H78N2O14Si4/c1-43-57(44-2,45-3)33-17-27-41(28-18-34-58(46-4,47-5)48-6)25-15-31-55-39-23-13-22-38-37(39)21-14-24-40(38)56-32-16-26-42(29-19-35-59(49-7,50-8)51-9)30-20-36-60(52-10,53-11)54-12/h13-14,21-24H,15-20,25-36H2,1-12H3. The van der Waals surface area contributed by atoms with Gasteiger partial charge in [0.25, 0.3) is 0 Å². The first-order valence-electron chi connectivity index (χ1n) is 20.9. The van der Waals surface area contributed by atoms with Crippen LogP contribution in [0.15, 0.2) is 36.4 Å². The molecule has 2 rings (SSSR count). The Kier molecular flexibility index (Phi) is 27.3. The Labute approximate surface area is 365 Å². The monoisotopic (exact) mass is 922 g/mol. The van der Waals surface area contributed by atoms with Gasteiger partial charge in [-0.2, -0.15) is 0 Å². The van der Waals surface area contributed by atoms with Crippen LogP contribution in [0, 0.1) is 0 Å².